The molecule has 0 aliphatic carbocycles. The molecule has 0 aliphatic heterocycles. The first-order chi connectivity index (χ1) is 15.7. The van der Waals surface area contributed by atoms with Gasteiger partial charge in [-0.2, -0.15) is 4.98 Å². The third-order valence-corrected chi connectivity index (χ3v) is 4.53. The Morgan fingerprint density at radius 1 is 0.969 bits per heavy atom. The Labute approximate surface area is 184 Å². The van der Waals surface area contributed by atoms with Crippen molar-refractivity contribution < 1.29 is 23.5 Å². The summed E-state index contributed by atoms with van der Waals surface area (Å²) in [6, 6.07) is 17.9. The van der Waals surface area contributed by atoms with Crippen molar-refractivity contribution in [3.63, 3.8) is 0 Å². The Morgan fingerprint density at radius 2 is 1.72 bits per heavy atom. The number of hydrogen-bond donors (Lipinski definition) is 1. The lowest BCUT2D eigenvalue weighted by molar-refractivity contribution is 0.0430. The third-order valence-electron chi connectivity index (χ3n) is 4.53. The fourth-order valence-corrected chi connectivity index (χ4v) is 3.00. The van der Waals surface area contributed by atoms with Crippen molar-refractivity contribution in [2.75, 3.05) is 19.5 Å². The van der Waals surface area contributed by atoms with Gasteiger partial charge in [0, 0.05) is 6.20 Å². The number of hydrogen-bond acceptors (Lipinski definition) is 9. The lowest BCUT2D eigenvalue weighted by atomic mass is 10.2. The number of rotatable bonds is 8. The van der Waals surface area contributed by atoms with Crippen LogP contribution in [0.3, 0.4) is 0 Å². The highest BCUT2D eigenvalue weighted by Crippen LogP contribution is 2.29. The smallest absolute Gasteiger partial charge is 0.342 e. The van der Waals surface area contributed by atoms with Gasteiger partial charge in [0.15, 0.2) is 6.61 Å². The van der Waals surface area contributed by atoms with Gasteiger partial charge in [0.2, 0.25) is 5.82 Å². The van der Waals surface area contributed by atoms with Crippen LogP contribution in [0, 0.1) is 0 Å². The zero-order chi connectivity index (χ0) is 22.3. The van der Waals surface area contributed by atoms with Gasteiger partial charge >= 0.3 is 5.97 Å². The average molecular weight is 432 g/mol. The number of esters is 1. The molecule has 0 saturated heterocycles. The average Bonchev–Trinajstić information content (AvgIpc) is 3.32. The molecule has 9 nitrogen and oxygen atoms in total. The van der Waals surface area contributed by atoms with Crippen LogP contribution in [0.25, 0.3) is 11.4 Å². The van der Waals surface area contributed by atoms with E-state index in [-0.39, 0.29) is 18.1 Å². The number of ether oxygens (including phenoxy) is 3. The Morgan fingerprint density at radius 3 is 2.53 bits per heavy atom. The number of nitrogens with zero attached hydrogens (tertiary/aromatic N) is 3. The molecule has 0 atom stereocenters. The van der Waals surface area contributed by atoms with Crippen molar-refractivity contribution in [1.29, 1.82) is 0 Å². The maximum absolute atomic E-state index is 12.7. The highest BCUT2D eigenvalue weighted by molar-refractivity contribution is 5.95. The molecule has 2 aromatic heterocycles. The van der Waals surface area contributed by atoms with E-state index in [9.17, 15) is 4.79 Å². The lowest BCUT2D eigenvalue weighted by Crippen LogP contribution is -2.10. The predicted octanol–water partition coefficient (Wildman–Crippen LogP) is 4.25. The first-order valence-corrected chi connectivity index (χ1v) is 9.67. The van der Waals surface area contributed by atoms with Gasteiger partial charge < -0.3 is 24.1 Å². The molecule has 32 heavy (non-hydrogen) atoms. The molecule has 0 fully saturated rings. The number of methoxy groups -OCH3 is 2. The van der Waals surface area contributed by atoms with Gasteiger partial charge in [-0.25, -0.2) is 9.78 Å². The molecular weight excluding hydrogens is 412 g/mol. The molecule has 2 aromatic carbocycles. The molecule has 1 N–H and O–H groups in total. The molecule has 0 bridgehead atoms. The number of nitrogens with one attached hydrogen (secondary N) is 1. The summed E-state index contributed by atoms with van der Waals surface area (Å²) in [5, 5.41) is 7.05. The van der Waals surface area contributed by atoms with E-state index in [0.29, 0.717) is 34.4 Å². The number of pyridine rings is 1. The minimum absolute atomic E-state index is 0.155. The predicted molar refractivity (Wildman–Crippen MR) is 116 cm³/mol. The van der Waals surface area contributed by atoms with E-state index in [4.69, 9.17) is 18.7 Å². The van der Waals surface area contributed by atoms with Crippen molar-refractivity contribution in [2.24, 2.45) is 0 Å². The molecule has 9 heteroatoms. The van der Waals surface area contributed by atoms with Crippen LogP contribution < -0.4 is 14.8 Å². The van der Waals surface area contributed by atoms with Crippen LogP contribution >= 0.6 is 0 Å². The Kier molecular flexibility index (Phi) is 6.26. The summed E-state index contributed by atoms with van der Waals surface area (Å²) in [5.74, 6) is 1.47. The molecule has 2 heterocycles. The SMILES string of the molecule is COc1ccccc1Nc1ncccc1C(=O)OCc1nc(-c2ccccc2OC)no1. The van der Waals surface area contributed by atoms with Gasteiger partial charge in [0.05, 0.1) is 25.5 Å². The topological polar surface area (TPSA) is 109 Å². The van der Waals surface area contributed by atoms with E-state index in [1.54, 1.807) is 44.7 Å². The van der Waals surface area contributed by atoms with Gasteiger partial charge in [-0.15, -0.1) is 0 Å². The number of anilines is 2. The summed E-state index contributed by atoms with van der Waals surface area (Å²) in [7, 11) is 3.13. The largest absolute Gasteiger partial charge is 0.496 e. The second-order valence-electron chi connectivity index (χ2n) is 6.51. The summed E-state index contributed by atoms with van der Waals surface area (Å²) < 4.78 is 21.2. The summed E-state index contributed by atoms with van der Waals surface area (Å²) in [4.78, 5) is 21.3. The first kappa shape index (κ1) is 20.9. The van der Waals surface area contributed by atoms with Crippen LogP contribution in [0.2, 0.25) is 0 Å². The van der Waals surface area contributed by atoms with Gasteiger partial charge in [0.1, 0.15) is 22.9 Å². The molecule has 0 unspecified atom stereocenters. The molecular formula is C23H20N4O5. The van der Waals surface area contributed by atoms with Gasteiger partial charge in [-0.3, -0.25) is 0 Å². The first-order valence-electron chi connectivity index (χ1n) is 9.67. The molecule has 0 saturated carbocycles. The van der Waals surface area contributed by atoms with Crippen LogP contribution in [-0.2, 0) is 11.3 Å². The lowest BCUT2D eigenvalue weighted by Gasteiger charge is -2.12. The fraction of sp³-hybridized carbons (Fsp3) is 0.130. The van der Waals surface area contributed by atoms with Gasteiger partial charge in [-0.1, -0.05) is 29.4 Å². The number of benzene rings is 2. The molecule has 4 aromatic rings. The maximum Gasteiger partial charge on any atom is 0.342 e. The van der Waals surface area contributed by atoms with Crippen molar-refractivity contribution in [3.05, 3.63) is 78.3 Å². The van der Waals surface area contributed by atoms with E-state index in [1.807, 2.05) is 36.4 Å². The molecule has 0 spiro atoms. The second kappa shape index (κ2) is 9.61. The Balaban J connectivity index is 1.47. The van der Waals surface area contributed by atoms with E-state index >= 15 is 0 Å². The van der Waals surface area contributed by atoms with Crippen molar-refractivity contribution in [3.8, 4) is 22.9 Å². The minimum atomic E-state index is -0.590. The number of carbonyl (C=O) groups excluding carboxylic acids is 1. The van der Waals surface area contributed by atoms with Crippen LogP contribution in [0.1, 0.15) is 16.2 Å². The Hall–Kier alpha value is -4.40. The van der Waals surface area contributed by atoms with E-state index in [2.05, 4.69) is 20.4 Å². The highest BCUT2D eigenvalue weighted by Gasteiger charge is 2.18. The Bertz CT molecular complexity index is 1220. The maximum atomic E-state index is 12.7. The quantitative estimate of drug-likeness (QED) is 0.409. The fourth-order valence-electron chi connectivity index (χ4n) is 3.00. The van der Waals surface area contributed by atoms with Gasteiger partial charge in [-0.05, 0) is 36.4 Å². The number of para-hydroxylation sites is 3. The monoisotopic (exact) mass is 432 g/mol. The van der Waals surface area contributed by atoms with Crippen LogP contribution in [-0.4, -0.2) is 35.3 Å². The van der Waals surface area contributed by atoms with Crippen molar-refractivity contribution in [1.82, 2.24) is 15.1 Å². The molecule has 0 aliphatic rings. The third kappa shape index (κ3) is 4.51. The summed E-state index contributed by atoms with van der Waals surface area (Å²) in [6.45, 7) is -0.191. The highest BCUT2D eigenvalue weighted by atomic mass is 16.6. The number of aromatic nitrogens is 3. The molecule has 0 radical (unpaired) electrons. The summed E-state index contributed by atoms with van der Waals surface area (Å²) in [6.07, 6.45) is 1.58. The van der Waals surface area contributed by atoms with E-state index < -0.39 is 5.97 Å². The normalized spacial score (nSPS) is 10.4. The van der Waals surface area contributed by atoms with Crippen LogP contribution in [0.15, 0.2) is 71.4 Å². The van der Waals surface area contributed by atoms with E-state index in [0.717, 1.165) is 0 Å². The number of carbonyl (C=O) groups is 1. The van der Waals surface area contributed by atoms with Crippen molar-refractivity contribution >= 4 is 17.5 Å². The molecule has 4 rings (SSSR count). The minimum Gasteiger partial charge on any atom is -0.496 e. The second-order valence-corrected chi connectivity index (χ2v) is 6.51. The van der Waals surface area contributed by atoms with Gasteiger partial charge in [0.25, 0.3) is 5.89 Å². The summed E-state index contributed by atoms with van der Waals surface area (Å²) >= 11 is 0. The molecule has 162 valence electrons. The standard InChI is InChI=1S/C23H20N4O5/c1-29-18-11-5-3-8-15(18)22-26-20(32-27-22)14-31-23(28)16-9-7-13-24-21(16)25-17-10-4-6-12-19(17)30-2/h3-13H,14H2,1-2H3,(H,24,25). The zero-order valence-corrected chi connectivity index (χ0v) is 17.4. The zero-order valence-electron chi connectivity index (χ0n) is 17.4. The molecule has 0 amide bonds. The van der Waals surface area contributed by atoms with Crippen LogP contribution in [0.4, 0.5) is 11.5 Å². The van der Waals surface area contributed by atoms with Crippen molar-refractivity contribution in [2.45, 2.75) is 6.61 Å². The van der Waals surface area contributed by atoms with E-state index in [1.165, 1.54) is 0 Å². The van der Waals surface area contributed by atoms with Crippen LogP contribution in [0.5, 0.6) is 11.5 Å². The summed E-state index contributed by atoms with van der Waals surface area (Å²) in [5.41, 5.74) is 1.59.